The molecular weight excluding hydrogens is 295 g/mol. The van der Waals surface area contributed by atoms with E-state index in [-0.39, 0.29) is 13.2 Å². The number of methoxy groups -OCH3 is 3. The maximum Gasteiger partial charge on any atom is 0.394 e. The molecule has 7 heteroatoms. The highest BCUT2D eigenvalue weighted by atomic mass is 31.2. The highest BCUT2D eigenvalue weighted by molar-refractivity contribution is 7.54. The molecule has 0 amide bonds. The van der Waals surface area contributed by atoms with E-state index in [0.29, 0.717) is 11.3 Å². The van der Waals surface area contributed by atoms with E-state index in [4.69, 9.17) is 23.3 Å². The molecule has 0 saturated heterocycles. The van der Waals surface area contributed by atoms with Crippen LogP contribution in [0.5, 0.6) is 5.75 Å². The average molecular weight is 318 g/mol. The van der Waals surface area contributed by atoms with Crippen molar-refractivity contribution in [3.63, 3.8) is 0 Å². The fourth-order valence-electron chi connectivity index (χ4n) is 2.13. The Kier molecular flexibility index (Phi) is 6.84. The molecule has 120 valence electrons. The number of para-hydroxylation sites is 1. The van der Waals surface area contributed by atoms with Crippen LogP contribution in [0.25, 0.3) is 0 Å². The smallest absolute Gasteiger partial charge is 0.394 e. The van der Waals surface area contributed by atoms with E-state index in [1.807, 2.05) is 0 Å². The average Bonchev–Trinajstić information content (AvgIpc) is 2.50. The molecule has 0 fully saturated rings. The Hall–Kier alpha value is -0.910. The lowest BCUT2D eigenvalue weighted by Crippen LogP contribution is -2.33. The third kappa shape index (κ3) is 3.30. The molecule has 6 nitrogen and oxygen atoms in total. The second kappa shape index (κ2) is 7.92. The van der Waals surface area contributed by atoms with Gasteiger partial charge in [0.05, 0.1) is 25.9 Å². The number of ether oxygens (including phenoxy) is 3. The van der Waals surface area contributed by atoms with Gasteiger partial charge in [0, 0.05) is 14.2 Å². The van der Waals surface area contributed by atoms with Crippen molar-refractivity contribution < 1.29 is 27.8 Å². The van der Waals surface area contributed by atoms with E-state index in [2.05, 4.69) is 0 Å². The predicted molar refractivity (Wildman–Crippen MR) is 79.5 cm³/mol. The summed E-state index contributed by atoms with van der Waals surface area (Å²) >= 11 is 0. The molecule has 0 radical (unpaired) electrons. The molecule has 0 atom stereocenters. The molecular formula is C14H23O6P. The van der Waals surface area contributed by atoms with Crippen molar-refractivity contribution in [2.24, 2.45) is 0 Å². The topological polar surface area (TPSA) is 63.2 Å². The molecule has 0 heterocycles. The summed E-state index contributed by atoms with van der Waals surface area (Å²) in [5.41, 5.74) is -1.24. The van der Waals surface area contributed by atoms with Gasteiger partial charge in [0.1, 0.15) is 5.75 Å². The van der Waals surface area contributed by atoms with E-state index < -0.39 is 13.1 Å². The standard InChI is InChI=1S/C14H23O6P/c1-6-19-21(15,20-7-2)14(17-4,18-5)12-10-8-9-11-13(12)16-3/h8-11H,6-7H2,1-5H3. The minimum absolute atomic E-state index is 0.195. The van der Waals surface area contributed by atoms with Crippen molar-refractivity contribution in [1.29, 1.82) is 0 Å². The third-order valence-corrected chi connectivity index (χ3v) is 5.48. The van der Waals surface area contributed by atoms with Crippen molar-refractivity contribution in [3.05, 3.63) is 29.8 Å². The van der Waals surface area contributed by atoms with E-state index in [1.165, 1.54) is 21.3 Å². The maximum absolute atomic E-state index is 13.2. The zero-order chi connectivity index (χ0) is 15.9. The lowest BCUT2D eigenvalue weighted by Gasteiger charge is -2.36. The molecule has 1 aromatic carbocycles. The summed E-state index contributed by atoms with van der Waals surface area (Å²) in [6, 6.07) is 7.00. The van der Waals surface area contributed by atoms with Crippen molar-refractivity contribution in [2.75, 3.05) is 34.5 Å². The zero-order valence-electron chi connectivity index (χ0n) is 13.1. The molecule has 0 aliphatic heterocycles. The highest BCUT2D eigenvalue weighted by Crippen LogP contribution is 2.66. The second-order valence-electron chi connectivity index (χ2n) is 4.02. The third-order valence-electron chi connectivity index (χ3n) is 2.96. The largest absolute Gasteiger partial charge is 0.496 e. The second-order valence-corrected chi connectivity index (χ2v) is 6.12. The molecule has 1 aromatic rings. The lowest BCUT2D eigenvalue weighted by molar-refractivity contribution is -0.167. The summed E-state index contributed by atoms with van der Waals surface area (Å²) in [5, 5.41) is 0. The Balaban J connectivity index is 3.52. The van der Waals surface area contributed by atoms with Crippen LogP contribution in [0, 0.1) is 0 Å². The molecule has 0 aromatic heterocycles. The number of rotatable bonds is 9. The lowest BCUT2D eigenvalue weighted by atomic mass is 10.2. The van der Waals surface area contributed by atoms with Crippen LogP contribution >= 0.6 is 7.60 Å². The Morgan fingerprint density at radius 3 is 1.95 bits per heavy atom. The van der Waals surface area contributed by atoms with Crippen LogP contribution in [0.3, 0.4) is 0 Å². The maximum atomic E-state index is 13.2. The van der Waals surface area contributed by atoms with E-state index in [1.54, 1.807) is 38.1 Å². The number of hydrogen-bond acceptors (Lipinski definition) is 6. The minimum atomic E-state index is -3.75. The van der Waals surface area contributed by atoms with Crippen molar-refractivity contribution in [3.8, 4) is 5.75 Å². The number of hydrogen-bond donors (Lipinski definition) is 0. The fourth-order valence-corrected chi connectivity index (χ4v) is 4.15. The normalized spacial score (nSPS) is 12.4. The van der Waals surface area contributed by atoms with Gasteiger partial charge in [0.25, 0.3) is 0 Å². The van der Waals surface area contributed by atoms with Crippen LogP contribution in [-0.4, -0.2) is 34.5 Å². The Bertz CT molecular complexity index is 476. The SMILES string of the molecule is CCOP(=O)(OCC)C(OC)(OC)c1ccccc1OC. The van der Waals surface area contributed by atoms with Gasteiger partial charge in [-0.15, -0.1) is 0 Å². The van der Waals surface area contributed by atoms with Gasteiger partial charge in [-0.1, -0.05) is 12.1 Å². The zero-order valence-corrected chi connectivity index (χ0v) is 14.0. The van der Waals surface area contributed by atoms with E-state index in [9.17, 15) is 4.57 Å². The summed E-state index contributed by atoms with van der Waals surface area (Å²) < 4.78 is 40.3. The summed E-state index contributed by atoms with van der Waals surface area (Å²) in [6.07, 6.45) is 0. The van der Waals surface area contributed by atoms with Crippen LogP contribution in [0.1, 0.15) is 19.4 Å². The first-order valence-corrected chi connectivity index (χ1v) is 8.22. The monoisotopic (exact) mass is 318 g/mol. The first-order valence-electron chi connectivity index (χ1n) is 6.68. The van der Waals surface area contributed by atoms with Gasteiger partial charge < -0.3 is 23.3 Å². The Labute approximate surface area is 125 Å². The summed E-state index contributed by atoms with van der Waals surface area (Å²) in [7, 11) is 0.547. The molecule has 1 rings (SSSR count). The Morgan fingerprint density at radius 1 is 1.00 bits per heavy atom. The van der Waals surface area contributed by atoms with Crippen LogP contribution < -0.4 is 4.74 Å². The minimum Gasteiger partial charge on any atom is -0.496 e. The highest BCUT2D eigenvalue weighted by Gasteiger charge is 2.55. The van der Waals surface area contributed by atoms with Gasteiger partial charge in [-0.3, -0.25) is 4.57 Å². The van der Waals surface area contributed by atoms with Crippen LogP contribution in [0.2, 0.25) is 0 Å². The van der Waals surface area contributed by atoms with Crippen LogP contribution in [0.15, 0.2) is 24.3 Å². The molecule has 0 saturated carbocycles. The van der Waals surface area contributed by atoms with Crippen molar-refractivity contribution >= 4 is 7.60 Å². The first kappa shape index (κ1) is 18.1. The predicted octanol–water partition coefficient (Wildman–Crippen LogP) is 3.36. The van der Waals surface area contributed by atoms with Crippen LogP contribution in [0.4, 0.5) is 0 Å². The summed E-state index contributed by atoms with van der Waals surface area (Å²) in [5.74, 6) is 0.473. The summed E-state index contributed by atoms with van der Waals surface area (Å²) in [4.78, 5) is 0. The molecule has 0 aliphatic carbocycles. The molecule has 0 spiro atoms. The fraction of sp³-hybridized carbons (Fsp3) is 0.571. The van der Waals surface area contributed by atoms with Crippen molar-refractivity contribution in [1.82, 2.24) is 0 Å². The molecule has 0 unspecified atom stereocenters. The van der Waals surface area contributed by atoms with Crippen LogP contribution in [-0.2, 0) is 28.6 Å². The molecule has 21 heavy (non-hydrogen) atoms. The van der Waals surface area contributed by atoms with E-state index in [0.717, 1.165) is 0 Å². The Morgan fingerprint density at radius 2 is 1.52 bits per heavy atom. The van der Waals surface area contributed by atoms with E-state index >= 15 is 0 Å². The molecule has 0 bridgehead atoms. The van der Waals surface area contributed by atoms with Gasteiger partial charge >= 0.3 is 13.1 Å². The van der Waals surface area contributed by atoms with Crippen molar-refractivity contribution in [2.45, 2.75) is 19.4 Å². The van der Waals surface area contributed by atoms with Gasteiger partial charge in [-0.05, 0) is 26.0 Å². The van der Waals surface area contributed by atoms with Gasteiger partial charge in [-0.2, -0.15) is 0 Å². The first-order chi connectivity index (χ1) is 10.0. The quantitative estimate of drug-likeness (QED) is 0.514. The molecule has 0 N–H and O–H groups in total. The molecule has 0 aliphatic rings. The van der Waals surface area contributed by atoms with Gasteiger partial charge in [0.15, 0.2) is 0 Å². The van der Waals surface area contributed by atoms with Gasteiger partial charge in [-0.25, -0.2) is 0 Å². The van der Waals surface area contributed by atoms with Gasteiger partial charge in [0.2, 0.25) is 0 Å². The summed E-state index contributed by atoms with van der Waals surface area (Å²) in [6.45, 7) is 3.84. The number of benzene rings is 1.